The number of esters is 1. The first-order valence-corrected chi connectivity index (χ1v) is 5.49. The summed E-state index contributed by atoms with van der Waals surface area (Å²) in [5, 5.41) is 12.6. The molecule has 1 atom stereocenters. The van der Waals surface area contributed by atoms with Crippen molar-refractivity contribution < 1.29 is 14.6 Å². The van der Waals surface area contributed by atoms with Gasteiger partial charge in [-0.1, -0.05) is 20.8 Å². The average Bonchev–Trinajstić information content (AvgIpc) is 2.30. The van der Waals surface area contributed by atoms with Gasteiger partial charge in [0.25, 0.3) is 0 Å². The van der Waals surface area contributed by atoms with Crippen molar-refractivity contribution in [1.82, 2.24) is 5.32 Å². The number of hydrogen-bond donors (Lipinski definition) is 2. The van der Waals surface area contributed by atoms with Gasteiger partial charge in [0.2, 0.25) is 0 Å². The van der Waals surface area contributed by atoms with Crippen LogP contribution in [0.3, 0.4) is 0 Å². The Morgan fingerprint density at radius 2 is 2.00 bits per heavy atom. The van der Waals surface area contributed by atoms with Crippen LogP contribution in [0.2, 0.25) is 0 Å². The molecule has 0 fully saturated rings. The lowest BCUT2D eigenvalue weighted by Gasteiger charge is -2.31. The summed E-state index contributed by atoms with van der Waals surface area (Å²) in [6, 6.07) is 0. The van der Waals surface area contributed by atoms with E-state index in [1.807, 2.05) is 20.8 Å². The number of nitrogens with one attached hydrogen (secondary N) is 1. The summed E-state index contributed by atoms with van der Waals surface area (Å²) in [5.41, 5.74) is -0.262. The third kappa shape index (κ3) is 4.18. The highest BCUT2D eigenvalue weighted by molar-refractivity contribution is 5.72. The second-order valence-corrected chi connectivity index (χ2v) is 3.95. The van der Waals surface area contributed by atoms with Gasteiger partial charge in [0, 0.05) is 12.1 Å². The Kier molecular flexibility index (Phi) is 6.52. The number of carbonyl (C=O) groups excluding carboxylic acids is 1. The van der Waals surface area contributed by atoms with Crippen molar-refractivity contribution in [3.05, 3.63) is 0 Å². The Hall–Kier alpha value is -0.610. The maximum atomic E-state index is 11.2. The first kappa shape index (κ1) is 14.4. The lowest BCUT2D eigenvalue weighted by molar-refractivity contribution is -0.144. The second-order valence-electron chi connectivity index (χ2n) is 3.95. The zero-order chi connectivity index (χ0) is 11.9. The van der Waals surface area contributed by atoms with Crippen molar-refractivity contribution in [3.63, 3.8) is 0 Å². The second kappa shape index (κ2) is 6.80. The molecule has 0 amide bonds. The molecule has 0 aliphatic heterocycles. The first-order chi connectivity index (χ1) is 7.05. The minimum atomic E-state index is -0.262. The molecule has 4 nitrogen and oxygen atoms in total. The quantitative estimate of drug-likeness (QED) is 0.623. The number of rotatable bonds is 7. The summed E-state index contributed by atoms with van der Waals surface area (Å²) in [6.07, 6.45) is 1.68. The minimum absolute atomic E-state index is 0.0912. The SMILES string of the molecule is CCC(CC)(CO)NCC(C)C(=O)OC. The minimum Gasteiger partial charge on any atom is -0.469 e. The molecule has 0 aromatic rings. The fourth-order valence-electron chi connectivity index (χ4n) is 1.43. The number of ether oxygens (including phenoxy) is 1. The maximum Gasteiger partial charge on any atom is 0.309 e. The number of aliphatic hydroxyl groups is 1. The number of methoxy groups -OCH3 is 1. The molecule has 0 aliphatic carbocycles. The Morgan fingerprint density at radius 1 is 1.47 bits per heavy atom. The van der Waals surface area contributed by atoms with Crippen molar-refractivity contribution in [1.29, 1.82) is 0 Å². The highest BCUT2D eigenvalue weighted by Crippen LogP contribution is 2.14. The average molecular weight is 217 g/mol. The lowest BCUT2D eigenvalue weighted by Crippen LogP contribution is -2.49. The third-order valence-corrected chi connectivity index (χ3v) is 3.04. The normalized spacial score (nSPS) is 13.7. The smallest absolute Gasteiger partial charge is 0.309 e. The van der Waals surface area contributed by atoms with Gasteiger partial charge >= 0.3 is 5.97 Å². The molecular weight excluding hydrogens is 194 g/mol. The standard InChI is InChI=1S/C11H23NO3/c1-5-11(6-2,8-13)12-7-9(3)10(14)15-4/h9,12-13H,5-8H2,1-4H3. The van der Waals surface area contributed by atoms with Crippen LogP contribution in [0.5, 0.6) is 0 Å². The van der Waals surface area contributed by atoms with E-state index in [9.17, 15) is 9.90 Å². The Bertz CT molecular complexity index is 182. The van der Waals surface area contributed by atoms with Gasteiger partial charge < -0.3 is 15.2 Å². The van der Waals surface area contributed by atoms with Crippen LogP contribution in [0, 0.1) is 5.92 Å². The molecule has 0 saturated heterocycles. The van der Waals surface area contributed by atoms with Crippen molar-refractivity contribution in [2.24, 2.45) is 5.92 Å². The first-order valence-electron chi connectivity index (χ1n) is 5.49. The fourth-order valence-corrected chi connectivity index (χ4v) is 1.43. The zero-order valence-corrected chi connectivity index (χ0v) is 10.2. The zero-order valence-electron chi connectivity index (χ0n) is 10.2. The van der Waals surface area contributed by atoms with Crippen LogP contribution < -0.4 is 5.32 Å². The topological polar surface area (TPSA) is 58.6 Å². The molecule has 0 saturated carbocycles. The van der Waals surface area contributed by atoms with E-state index in [1.54, 1.807) is 0 Å². The van der Waals surface area contributed by atoms with Gasteiger partial charge in [0.05, 0.1) is 19.6 Å². The van der Waals surface area contributed by atoms with Crippen molar-refractivity contribution in [3.8, 4) is 0 Å². The monoisotopic (exact) mass is 217 g/mol. The predicted octanol–water partition coefficient (Wildman–Crippen LogP) is 0.936. The van der Waals surface area contributed by atoms with Crippen LogP contribution in [0.4, 0.5) is 0 Å². The highest BCUT2D eigenvalue weighted by atomic mass is 16.5. The molecule has 0 aliphatic rings. The molecule has 1 unspecified atom stereocenters. The van der Waals surface area contributed by atoms with Crippen molar-refractivity contribution >= 4 is 5.97 Å². The molecular formula is C11H23NO3. The van der Waals surface area contributed by atoms with Gasteiger partial charge in [-0.2, -0.15) is 0 Å². The lowest BCUT2D eigenvalue weighted by atomic mass is 9.93. The molecule has 15 heavy (non-hydrogen) atoms. The molecule has 0 aromatic heterocycles. The summed E-state index contributed by atoms with van der Waals surface area (Å²) >= 11 is 0. The summed E-state index contributed by atoms with van der Waals surface area (Å²) in [5.74, 6) is -0.402. The third-order valence-electron chi connectivity index (χ3n) is 3.04. The van der Waals surface area contributed by atoms with Crippen LogP contribution in [0.15, 0.2) is 0 Å². The van der Waals surface area contributed by atoms with Gasteiger partial charge in [0.15, 0.2) is 0 Å². The van der Waals surface area contributed by atoms with E-state index in [4.69, 9.17) is 0 Å². The molecule has 0 radical (unpaired) electrons. The van der Waals surface area contributed by atoms with E-state index in [0.717, 1.165) is 12.8 Å². The van der Waals surface area contributed by atoms with E-state index in [2.05, 4.69) is 10.1 Å². The van der Waals surface area contributed by atoms with Crippen molar-refractivity contribution in [2.45, 2.75) is 39.2 Å². The number of aliphatic hydroxyl groups excluding tert-OH is 1. The molecule has 0 spiro atoms. The van der Waals surface area contributed by atoms with Gasteiger partial charge in [-0.15, -0.1) is 0 Å². The molecule has 0 rings (SSSR count). The van der Waals surface area contributed by atoms with Crippen LogP contribution in [0.25, 0.3) is 0 Å². The number of carbonyl (C=O) groups is 1. The van der Waals surface area contributed by atoms with Gasteiger partial charge in [-0.05, 0) is 12.8 Å². The van der Waals surface area contributed by atoms with E-state index in [1.165, 1.54) is 7.11 Å². The van der Waals surface area contributed by atoms with E-state index < -0.39 is 0 Å². The van der Waals surface area contributed by atoms with Crippen LogP contribution in [-0.2, 0) is 9.53 Å². The molecule has 0 aromatic carbocycles. The molecule has 2 N–H and O–H groups in total. The molecule has 0 heterocycles. The van der Waals surface area contributed by atoms with Crippen molar-refractivity contribution in [2.75, 3.05) is 20.3 Å². The highest BCUT2D eigenvalue weighted by Gasteiger charge is 2.26. The van der Waals surface area contributed by atoms with Crippen LogP contribution in [0.1, 0.15) is 33.6 Å². The maximum absolute atomic E-state index is 11.2. The Labute approximate surface area is 92.0 Å². The largest absolute Gasteiger partial charge is 0.469 e. The van der Waals surface area contributed by atoms with Crippen LogP contribution in [-0.4, -0.2) is 36.9 Å². The Balaban J connectivity index is 4.16. The summed E-state index contributed by atoms with van der Waals surface area (Å²) in [4.78, 5) is 11.2. The summed E-state index contributed by atoms with van der Waals surface area (Å²) in [6.45, 7) is 6.49. The molecule has 4 heteroatoms. The van der Waals surface area contributed by atoms with Gasteiger partial charge in [-0.3, -0.25) is 4.79 Å². The number of hydrogen-bond acceptors (Lipinski definition) is 4. The van der Waals surface area contributed by atoms with E-state index >= 15 is 0 Å². The van der Waals surface area contributed by atoms with Gasteiger partial charge in [-0.25, -0.2) is 0 Å². The predicted molar refractivity (Wildman–Crippen MR) is 59.6 cm³/mol. The summed E-state index contributed by atoms with van der Waals surface area (Å²) < 4.78 is 4.64. The van der Waals surface area contributed by atoms with E-state index in [0.29, 0.717) is 6.54 Å². The van der Waals surface area contributed by atoms with E-state index in [-0.39, 0.29) is 24.0 Å². The fraction of sp³-hybridized carbons (Fsp3) is 0.909. The van der Waals surface area contributed by atoms with Crippen LogP contribution >= 0.6 is 0 Å². The van der Waals surface area contributed by atoms with Gasteiger partial charge in [0.1, 0.15) is 0 Å². The summed E-state index contributed by atoms with van der Waals surface area (Å²) in [7, 11) is 1.39. The molecule has 0 bridgehead atoms. The Morgan fingerprint density at radius 3 is 2.33 bits per heavy atom. The molecule has 90 valence electrons.